The molecule has 0 aliphatic heterocycles. The molecule has 3 rings (SSSR count). The van der Waals surface area contributed by atoms with Crippen molar-refractivity contribution in [3.8, 4) is 11.3 Å². The van der Waals surface area contributed by atoms with Crippen LogP contribution in [0, 0.1) is 0 Å². The Balaban J connectivity index is 2.15. The molecule has 2 heterocycles. The highest BCUT2D eigenvalue weighted by Gasteiger charge is 2.11. The Morgan fingerprint density at radius 3 is 3.00 bits per heavy atom. The molecular formula is C14H15N3S. The molecule has 0 saturated carbocycles. The van der Waals surface area contributed by atoms with Crippen LogP contribution in [0.15, 0.2) is 35.8 Å². The van der Waals surface area contributed by atoms with Crippen LogP contribution < -0.4 is 5.32 Å². The summed E-state index contributed by atoms with van der Waals surface area (Å²) in [5.74, 6) is 1.06. The van der Waals surface area contributed by atoms with E-state index in [0.29, 0.717) is 0 Å². The Morgan fingerprint density at radius 2 is 2.17 bits per heavy atom. The van der Waals surface area contributed by atoms with E-state index >= 15 is 0 Å². The maximum Gasteiger partial charge on any atom is 0.122 e. The minimum absolute atomic E-state index is 0.790. The molecule has 18 heavy (non-hydrogen) atoms. The summed E-state index contributed by atoms with van der Waals surface area (Å²) in [6.45, 7) is 0.790. The van der Waals surface area contributed by atoms with Gasteiger partial charge >= 0.3 is 0 Å². The number of benzene rings is 1. The van der Waals surface area contributed by atoms with Gasteiger partial charge in [0.15, 0.2) is 0 Å². The monoisotopic (exact) mass is 257 g/mol. The summed E-state index contributed by atoms with van der Waals surface area (Å²) < 4.78 is 3.48. The SMILES string of the molecule is CNCc1ncc(-c2csc3ccccc23)n1C. The number of nitrogens with one attached hydrogen (secondary N) is 1. The molecule has 1 N–H and O–H groups in total. The highest BCUT2D eigenvalue weighted by atomic mass is 32.1. The molecule has 92 valence electrons. The van der Waals surface area contributed by atoms with Crippen LogP contribution in [-0.2, 0) is 13.6 Å². The quantitative estimate of drug-likeness (QED) is 0.781. The molecule has 0 saturated heterocycles. The standard InChI is InChI=1S/C14H15N3S/c1-15-8-14-16-7-12(17(14)2)11-9-18-13-6-4-3-5-10(11)13/h3-7,9,15H,8H2,1-2H3. The average Bonchev–Trinajstić information content (AvgIpc) is 2.95. The van der Waals surface area contributed by atoms with Crippen LogP contribution >= 0.6 is 11.3 Å². The number of hydrogen-bond donors (Lipinski definition) is 1. The lowest BCUT2D eigenvalue weighted by Crippen LogP contribution is -2.10. The maximum atomic E-state index is 4.47. The molecule has 3 nitrogen and oxygen atoms in total. The first kappa shape index (κ1) is 11.4. The number of rotatable bonds is 3. The van der Waals surface area contributed by atoms with Gasteiger partial charge in [0.25, 0.3) is 0 Å². The van der Waals surface area contributed by atoms with Gasteiger partial charge in [-0.3, -0.25) is 0 Å². The summed E-state index contributed by atoms with van der Waals surface area (Å²) in [6.07, 6.45) is 1.96. The topological polar surface area (TPSA) is 29.9 Å². The maximum absolute atomic E-state index is 4.47. The second-order valence-electron chi connectivity index (χ2n) is 4.29. The zero-order valence-electron chi connectivity index (χ0n) is 10.5. The summed E-state index contributed by atoms with van der Waals surface area (Å²) in [4.78, 5) is 4.47. The second kappa shape index (κ2) is 4.55. The van der Waals surface area contributed by atoms with Gasteiger partial charge in [-0.15, -0.1) is 11.3 Å². The second-order valence-corrected chi connectivity index (χ2v) is 5.21. The minimum Gasteiger partial charge on any atom is -0.330 e. The summed E-state index contributed by atoms with van der Waals surface area (Å²) in [5, 5.41) is 6.66. The molecular weight excluding hydrogens is 242 g/mol. The largest absolute Gasteiger partial charge is 0.330 e. The molecule has 1 aromatic carbocycles. The number of imidazole rings is 1. The van der Waals surface area contributed by atoms with Crippen molar-refractivity contribution in [2.75, 3.05) is 7.05 Å². The van der Waals surface area contributed by atoms with E-state index in [-0.39, 0.29) is 0 Å². The van der Waals surface area contributed by atoms with Crippen LogP contribution in [0.4, 0.5) is 0 Å². The van der Waals surface area contributed by atoms with Crippen LogP contribution in [0.2, 0.25) is 0 Å². The summed E-state index contributed by atoms with van der Waals surface area (Å²) in [7, 11) is 4.01. The van der Waals surface area contributed by atoms with Gasteiger partial charge < -0.3 is 9.88 Å². The molecule has 0 bridgehead atoms. The molecule has 0 fully saturated rings. The summed E-state index contributed by atoms with van der Waals surface area (Å²) in [5.41, 5.74) is 2.45. The van der Waals surface area contributed by atoms with Gasteiger partial charge in [0.1, 0.15) is 5.82 Å². The van der Waals surface area contributed by atoms with Crippen molar-refractivity contribution in [3.05, 3.63) is 41.7 Å². The molecule has 0 unspecified atom stereocenters. The first-order chi connectivity index (χ1) is 8.81. The van der Waals surface area contributed by atoms with Crippen LogP contribution in [0.25, 0.3) is 21.3 Å². The van der Waals surface area contributed by atoms with E-state index in [1.54, 1.807) is 11.3 Å². The normalized spacial score (nSPS) is 11.2. The van der Waals surface area contributed by atoms with Gasteiger partial charge in [0.05, 0.1) is 18.4 Å². The molecule has 0 spiro atoms. The van der Waals surface area contributed by atoms with Crippen molar-refractivity contribution >= 4 is 21.4 Å². The molecule has 4 heteroatoms. The fourth-order valence-corrected chi connectivity index (χ4v) is 3.15. The fourth-order valence-electron chi connectivity index (χ4n) is 2.20. The molecule has 0 amide bonds. The highest BCUT2D eigenvalue weighted by Crippen LogP contribution is 2.33. The lowest BCUT2D eigenvalue weighted by molar-refractivity contribution is 0.712. The smallest absolute Gasteiger partial charge is 0.122 e. The molecule has 2 aromatic heterocycles. The Kier molecular flexibility index (Phi) is 2.89. The minimum atomic E-state index is 0.790. The van der Waals surface area contributed by atoms with Crippen LogP contribution in [0.1, 0.15) is 5.82 Å². The van der Waals surface area contributed by atoms with Gasteiger partial charge in [0.2, 0.25) is 0 Å². The Labute approximate surface area is 110 Å². The molecule has 0 aliphatic rings. The molecule has 0 atom stereocenters. The van der Waals surface area contributed by atoms with Gasteiger partial charge in [0, 0.05) is 28.1 Å². The van der Waals surface area contributed by atoms with Gasteiger partial charge in [-0.1, -0.05) is 18.2 Å². The Hall–Kier alpha value is -1.65. The van der Waals surface area contributed by atoms with Gasteiger partial charge in [-0.25, -0.2) is 4.98 Å². The van der Waals surface area contributed by atoms with E-state index in [0.717, 1.165) is 12.4 Å². The van der Waals surface area contributed by atoms with Crippen molar-refractivity contribution in [2.24, 2.45) is 7.05 Å². The highest BCUT2D eigenvalue weighted by molar-refractivity contribution is 7.17. The van der Waals surface area contributed by atoms with Crippen LogP contribution in [-0.4, -0.2) is 16.6 Å². The number of aromatic nitrogens is 2. The molecule has 3 aromatic rings. The van der Waals surface area contributed by atoms with Crippen molar-refractivity contribution in [1.82, 2.24) is 14.9 Å². The summed E-state index contributed by atoms with van der Waals surface area (Å²) in [6, 6.07) is 8.50. The lowest BCUT2D eigenvalue weighted by Gasteiger charge is -2.04. The third-order valence-corrected chi connectivity index (χ3v) is 4.14. The van der Waals surface area contributed by atoms with Crippen molar-refractivity contribution < 1.29 is 0 Å². The third kappa shape index (κ3) is 1.74. The first-order valence-corrected chi connectivity index (χ1v) is 6.81. The van der Waals surface area contributed by atoms with Crippen molar-refractivity contribution in [3.63, 3.8) is 0 Å². The zero-order valence-corrected chi connectivity index (χ0v) is 11.3. The van der Waals surface area contributed by atoms with Crippen LogP contribution in [0.3, 0.4) is 0 Å². The van der Waals surface area contributed by atoms with Gasteiger partial charge in [-0.05, 0) is 13.1 Å². The molecule has 0 radical (unpaired) electrons. The number of nitrogens with zero attached hydrogens (tertiary/aromatic N) is 2. The van der Waals surface area contributed by atoms with E-state index in [1.165, 1.54) is 21.3 Å². The average molecular weight is 257 g/mol. The number of thiophene rings is 1. The van der Waals surface area contributed by atoms with Gasteiger partial charge in [-0.2, -0.15) is 0 Å². The Bertz CT molecular complexity index is 681. The lowest BCUT2D eigenvalue weighted by atomic mass is 10.1. The van der Waals surface area contributed by atoms with E-state index in [9.17, 15) is 0 Å². The van der Waals surface area contributed by atoms with Crippen LogP contribution in [0.5, 0.6) is 0 Å². The van der Waals surface area contributed by atoms with Crippen molar-refractivity contribution in [1.29, 1.82) is 0 Å². The summed E-state index contributed by atoms with van der Waals surface area (Å²) >= 11 is 1.78. The Morgan fingerprint density at radius 1 is 1.33 bits per heavy atom. The third-order valence-electron chi connectivity index (χ3n) is 3.18. The predicted octanol–water partition coefficient (Wildman–Crippen LogP) is 3.02. The van der Waals surface area contributed by atoms with E-state index < -0.39 is 0 Å². The van der Waals surface area contributed by atoms with E-state index in [4.69, 9.17) is 0 Å². The van der Waals surface area contributed by atoms with E-state index in [1.807, 2.05) is 13.2 Å². The molecule has 0 aliphatic carbocycles. The first-order valence-electron chi connectivity index (χ1n) is 5.93. The zero-order chi connectivity index (χ0) is 12.5. The number of hydrogen-bond acceptors (Lipinski definition) is 3. The van der Waals surface area contributed by atoms with Crippen molar-refractivity contribution in [2.45, 2.75) is 6.54 Å². The predicted molar refractivity (Wildman–Crippen MR) is 76.8 cm³/mol. The fraction of sp³-hybridized carbons (Fsp3) is 0.214. The number of fused-ring (bicyclic) bond motifs is 1. The van der Waals surface area contributed by atoms with E-state index in [2.05, 4.69) is 51.6 Å².